The van der Waals surface area contributed by atoms with Gasteiger partial charge in [-0.3, -0.25) is 9.88 Å². The van der Waals surface area contributed by atoms with Gasteiger partial charge in [0, 0.05) is 36.5 Å². The van der Waals surface area contributed by atoms with Crippen molar-refractivity contribution >= 4 is 16.6 Å². The van der Waals surface area contributed by atoms with Crippen LogP contribution < -0.4 is 5.73 Å². The Labute approximate surface area is 125 Å². The smallest absolute Gasteiger partial charge is 0.0767 e. The predicted octanol–water partition coefficient (Wildman–Crippen LogP) is 2.55. The Morgan fingerprint density at radius 2 is 2.24 bits per heavy atom. The number of aliphatic hydroxyl groups excluding tert-OH is 1. The van der Waals surface area contributed by atoms with Crippen molar-refractivity contribution in [3.8, 4) is 0 Å². The van der Waals surface area contributed by atoms with Gasteiger partial charge in [0.1, 0.15) is 0 Å². The van der Waals surface area contributed by atoms with Gasteiger partial charge in [-0.25, -0.2) is 0 Å². The molecule has 112 valence electrons. The van der Waals surface area contributed by atoms with Gasteiger partial charge in [0.15, 0.2) is 0 Å². The van der Waals surface area contributed by atoms with Crippen molar-refractivity contribution in [2.24, 2.45) is 0 Å². The number of anilines is 1. The molecule has 4 nitrogen and oxygen atoms in total. The Balaban J connectivity index is 1.83. The van der Waals surface area contributed by atoms with Gasteiger partial charge in [-0.15, -0.1) is 0 Å². The van der Waals surface area contributed by atoms with Gasteiger partial charge in [0.25, 0.3) is 0 Å². The maximum absolute atomic E-state index is 9.03. The van der Waals surface area contributed by atoms with Crippen LogP contribution in [0.4, 0.5) is 5.69 Å². The molecule has 2 aromatic rings. The Bertz CT molecular complexity index is 614. The number of nitrogens with two attached hydrogens (primary N) is 1. The molecular formula is C17H23N3O. The van der Waals surface area contributed by atoms with Crippen molar-refractivity contribution in [1.82, 2.24) is 9.88 Å². The molecule has 0 bridgehead atoms. The Hall–Kier alpha value is -1.65. The maximum atomic E-state index is 9.03. The number of nitrogens with zero attached hydrogens (tertiary/aromatic N) is 2. The van der Waals surface area contributed by atoms with Crippen LogP contribution in [0.5, 0.6) is 0 Å². The third kappa shape index (κ3) is 3.01. The zero-order chi connectivity index (χ0) is 14.7. The van der Waals surface area contributed by atoms with E-state index in [2.05, 4.69) is 16.0 Å². The lowest BCUT2D eigenvalue weighted by Crippen LogP contribution is -2.29. The minimum absolute atomic E-state index is 0.288. The fourth-order valence-electron chi connectivity index (χ4n) is 3.36. The third-order valence-corrected chi connectivity index (χ3v) is 4.45. The summed E-state index contributed by atoms with van der Waals surface area (Å²) in [4.78, 5) is 7.05. The third-order valence-electron chi connectivity index (χ3n) is 4.45. The molecule has 1 fully saturated rings. The highest BCUT2D eigenvalue weighted by molar-refractivity contribution is 5.92. The molecule has 1 aliphatic heterocycles. The number of pyridine rings is 1. The van der Waals surface area contributed by atoms with E-state index in [9.17, 15) is 0 Å². The highest BCUT2D eigenvalue weighted by Gasteiger charge is 2.24. The highest BCUT2D eigenvalue weighted by Crippen LogP contribution is 2.27. The van der Waals surface area contributed by atoms with Crippen LogP contribution in [-0.4, -0.2) is 34.2 Å². The summed E-state index contributed by atoms with van der Waals surface area (Å²) in [6.45, 7) is 2.34. The number of rotatable bonds is 5. The highest BCUT2D eigenvalue weighted by atomic mass is 16.2. The molecule has 1 atom stereocenters. The second kappa shape index (κ2) is 6.41. The number of hydrogen-bond acceptors (Lipinski definition) is 4. The molecule has 0 spiro atoms. The molecule has 0 aliphatic carbocycles. The topological polar surface area (TPSA) is 62.4 Å². The summed E-state index contributed by atoms with van der Waals surface area (Å²) in [5.41, 5.74) is 9.10. The second-order valence-corrected chi connectivity index (χ2v) is 5.85. The number of aliphatic hydroxyl groups is 1. The van der Waals surface area contributed by atoms with E-state index in [4.69, 9.17) is 10.8 Å². The van der Waals surface area contributed by atoms with E-state index in [0.29, 0.717) is 6.04 Å². The quantitative estimate of drug-likeness (QED) is 0.829. The first-order valence-electron chi connectivity index (χ1n) is 7.76. The first-order valence-corrected chi connectivity index (χ1v) is 7.76. The van der Waals surface area contributed by atoms with Gasteiger partial charge in [-0.1, -0.05) is 6.07 Å². The molecule has 21 heavy (non-hydrogen) atoms. The first-order chi connectivity index (χ1) is 10.3. The van der Waals surface area contributed by atoms with Crippen LogP contribution in [-0.2, 0) is 6.54 Å². The van der Waals surface area contributed by atoms with Crippen molar-refractivity contribution < 1.29 is 5.11 Å². The second-order valence-electron chi connectivity index (χ2n) is 5.85. The lowest BCUT2D eigenvalue weighted by Gasteiger charge is -2.24. The van der Waals surface area contributed by atoms with E-state index < -0.39 is 0 Å². The minimum atomic E-state index is 0.288. The van der Waals surface area contributed by atoms with Crippen LogP contribution in [0.3, 0.4) is 0 Å². The number of nitrogen functional groups attached to an aromatic ring is 1. The van der Waals surface area contributed by atoms with Gasteiger partial charge in [0.05, 0.1) is 5.52 Å². The number of benzene rings is 1. The number of aromatic nitrogens is 1. The molecule has 4 heteroatoms. The summed E-state index contributed by atoms with van der Waals surface area (Å²) in [5, 5.41) is 10.1. The molecule has 0 saturated carbocycles. The van der Waals surface area contributed by atoms with Crippen molar-refractivity contribution in [3.05, 3.63) is 36.0 Å². The van der Waals surface area contributed by atoms with E-state index in [1.165, 1.54) is 18.4 Å². The average molecular weight is 285 g/mol. The van der Waals surface area contributed by atoms with E-state index >= 15 is 0 Å². The minimum Gasteiger partial charge on any atom is -0.398 e. The standard InChI is InChI=1S/C17H23N3O/c18-16-8-7-13(17-15(16)6-1-9-19-17)12-20-10-2-4-14(20)5-3-11-21/h1,6-9,14,21H,2-5,10-12,18H2. The SMILES string of the molecule is Nc1ccc(CN2CCCC2CCCO)c2ncccc12. The molecule has 1 aliphatic rings. The Morgan fingerprint density at radius 3 is 3.10 bits per heavy atom. The molecule has 3 rings (SSSR count). The monoisotopic (exact) mass is 285 g/mol. The van der Waals surface area contributed by atoms with Gasteiger partial charge >= 0.3 is 0 Å². The molecule has 0 radical (unpaired) electrons. The van der Waals surface area contributed by atoms with Gasteiger partial charge in [0.2, 0.25) is 0 Å². The first kappa shape index (κ1) is 14.3. The lowest BCUT2D eigenvalue weighted by atomic mass is 10.1. The van der Waals surface area contributed by atoms with E-state index in [-0.39, 0.29) is 6.61 Å². The summed E-state index contributed by atoms with van der Waals surface area (Å²) < 4.78 is 0. The molecule has 1 aromatic heterocycles. The van der Waals surface area contributed by atoms with Gasteiger partial charge in [-0.2, -0.15) is 0 Å². The van der Waals surface area contributed by atoms with Crippen molar-refractivity contribution in [2.45, 2.75) is 38.3 Å². The van der Waals surface area contributed by atoms with Crippen molar-refractivity contribution in [1.29, 1.82) is 0 Å². The van der Waals surface area contributed by atoms with Crippen LogP contribution in [0.1, 0.15) is 31.2 Å². The van der Waals surface area contributed by atoms with Crippen LogP contribution in [0.25, 0.3) is 10.9 Å². The fraction of sp³-hybridized carbons (Fsp3) is 0.471. The van der Waals surface area contributed by atoms with Gasteiger partial charge in [-0.05, 0) is 56.0 Å². The summed E-state index contributed by atoms with van der Waals surface area (Å²) >= 11 is 0. The van der Waals surface area contributed by atoms with Crippen LogP contribution in [0.2, 0.25) is 0 Å². The molecule has 1 aromatic carbocycles. The average Bonchev–Trinajstić information content (AvgIpc) is 2.95. The predicted molar refractivity (Wildman–Crippen MR) is 85.9 cm³/mol. The molecule has 0 amide bonds. The normalized spacial score (nSPS) is 19.4. The molecular weight excluding hydrogens is 262 g/mol. The summed E-state index contributed by atoms with van der Waals surface area (Å²) in [5.74, 6) is 0. The molecule has 1 saturated heterocycles. The van der Waals surface area contributed by atoms with Crippen LogP contribution >= 0.6 is 0 Å². The number of hydrogen-bond donors (Lipinski definition) is 2. The zero-order valence-electron chi connectivity index (χ0n) is 12.3. The molecule has 2 heterocycles. The summed E-state index contributed by atoms with van der Waals surface area (Å²) in [6, 6.07) is 8.65. The van der Waals surface area contributed by atoms with E-state index in [0.717, 1.165) is 42.5 Å². The van der Waals surface area contributed by atoms with Crippen LogP contribution in [0.15, 0.2) is 30.5 Å². The fourth-order valence-corrected chi connectivity index (χ4v) is 3.36. The summed E-state index contributed by atoms with van der Waals surface area (Å²) in [7, 11) is 0. The number of likely N-dealkylation sites (tertiary alicyclic amines) is 1. The van der Waals surface area contributed by atoms with E-state index in [1.807, 2.05) is 24.4 Å². The Morgan fingerprint density at radius 1 is 1.33 bits per heavy atom. The zero-order valence-corrected chi connectivity index (χ0v) is 12.3. The van der Waals surface area contributed by atoms with Crippen molar-refractivity contribution in [2.75, 3.05) is 18.9 Å². The summed E-state index contributed by atoms with van der Waals surface area (Å²) in [6.07, 6.45) is 6.29. The Kier molecular flexibility index (Phi) is 4.36. The van der Waals surface area contributed by atoms with Crippen LogP contribution in [0, 0.1) is 0 Å². The molecule has 3 N–H and O–H groups in total. The largest absolute Gasteiger partial charge is 0.398 e. The van der Waals surface area contributed by atoms with Crippen molar-refractivity contribution in [3.63, 3.8) is 0 Å². The maximum Gasteiger partial charge on any atom is 0.0767 e. The molecule has 1 unspecified atom stereocenters. The number of fused-ring (bicyclic) bond motifs is 1. The lowest BCUT2D eigenvalue weighted by molar-refractivity contribution is 0.210. The van der Waals surface area contributed by atoms with Gasteiger partial charge < -0.3 is 10.8 Å². The van der Waals surface area contributed by atoms with E-state index in [1.54, 1.807) is 0 Å².